The van der Waals surface area contributed by atoms with Crippen molar-refractivity contribution in [3.8, 4) is 0 Å². The first-order valence-electron chi connectivity index (χ1n) is 9.24. The van der Waals surface area contributed by atoms with E-state index in [-0.39, 0.29) is 0 Å². The Labute approximate surface area is 130 Å². The van der Waals surface area contributed by atoms with Crippen LogP contribution in [0, 0.1) is 5.92 Å². The van der Waals surface area contributed by atoms with Crippen LogP contribution in [0.15, 0.2) is 12.1 Å². The number of benzene rings is 1. The van der Waals surface area contributed by atoms with Gasteiger partial charge >= 0.3 is 0 Å². The molecule has 0 bridgehead atoms. The first-order valence-corrected chi connectivity index (χ1v) is 9.24. The number of hydrogen-bond acceptors (Lipinski definition) is 0. The van der Waals surface area contributed by atoms with Crippen molar-refractivity contribution in [3.63, 3.8) is 0 Å². The molecule has 0 amide bonds. The highest BCUT2D eigenvalue weighted by Crippen LogP contribution is 2.53. The molecule has 114 valence electrons. The standard InChI is InChI=1S/C21H30/c1-4-20(2)14-12-17-16-9-8-15-7-5-6-13-21(15,3)19(16)11-10-18(17)20/h10-11,15H,4-9,12-14H2,1-3H3/t15-,20+,21-/m0/s1. The van der Waals surface area contributed by atoms with Gasteiger partial charge < -0.3 is 0 Å². The van der Waals surface area contributed by atoms with Gasteiger partial charge in [0.2, 0.25) is 0 Å². The number of rotatable bonds is 1. The molecule has 21 heavy (non-hydrogen) atoms. The predicted molar refractivity (Wildman–Crippen MR) is 90.0 cm³/mol. The van der Waals surface area contributed by atoms with Crippen LogP contribution in [0.5, 0.6) is 0 Å². The van der Waals surface area contributed by atoms with E-state index in [9.17, 15) is 0 Å². The highest BCUT2D eigenvalue weighted by molar-refractivity contribution is 5.51. The van der Waals surface area contributed by atoms with Crippen molar-refractivity contribution in [2.75, 3.05) is 0 Å². The SMILES string of the molecule is CC[C@]1(C)CCc2c1ccc1c2CC[C@@H]2CCCC[C@]12C. The van der Waals surface area contributed by atoms with E-state index in [2.05, 4.69) is 32.9 Å². The van der Waals surface area contributed by atoms with Crippen LogP contribution in [0.3, 0.4) is 0 Å². The van der Waals surface area contributed by atoms with E-state index in [0.29, 0.717) is 10.8 Å². The van der Waals surface area contributed by atoms with E-state index in [4.69, 9.17) is 0 Å². The van der Waals surface area contributed by atoms with E-state index in [1.807, 2.05) is 0 Å². The van der Waals surface area contributed by atoms with Gasteiger partial charge in [-0.3, -0.25) is 0 Å². The molecular formula is C21H30. The minimum absolute atomic E-state index is 0.453. The summed E-state index contributed by atoms with van der Waals surface area (Å²) >= 11 is 0. The van der Waals surface area contributed by atoms with E-state index < -0.39 is 0 Å². The highest BCUT2D eigenvalue weighted by Gasteiger charge is 2.44. The van der Waals surface area contributed by atoms with Crippen LogP contribution in [-0.4, -0.2) is 0 Å². The fourth-order valence-electron chi connectivity index (χ4n) is 5.81. The molecular weight excluding hydrogens is 252 g/mol. The number of fused-ring (bicyclic) bond motifs is 5. The highest BCUT2D eigenvalue weighted by atomic mass is 14.5. The van der Waals surface area contributed by atoms with Crippen LogP contribution in [-0.2, 0) is 23.7 Å². The Bertz CT molecular complexity index is 570. The molecule has 0 saturated heterocycles. The molecule has 0 aliphatic heterocycles. The van der Waals surface area contributed by atoms with Crippen molar-refractivity contribution in [2.24, 2.45) is 5.92 Å². The molecule has 4 rings (SSSR count). The Balaban J connectivity index is 1.85. The van der Waals surface area contributed by atoms with Gasteiger partial charge in [-0.2, -0.15) is 0 Å². The summed E-state index contributed by atoms with van der Waals surface area (Å²) in [6, 6.07) is 5.07. The second-order valence-corrected chi connectivity index (χ2v) is 8.43. The lowest BCUT2D eigenvalue weighted by atomic mass is 9.57. The zero-order chi connectivity index (χ0) is 14.7. The molecule has 0 N–H and O–H groups in total. The molecule has 0 radical (unpaired) electrons. The van der Waals surface area contributed by atoms with Gasteiger partial charge in [-0.25, -0.2) is 0 Å². The molecule has 1 saturated carbocycles. The zero-order valence-corrected chi connectivity index (χ0v) is 14.1. The normalized spacial score (nSPS) is 37.8. The molecule has 1 aromatic carbocycles. The summed E-state index contributed by atoms with van der Waals surface area (Å²) in [5, 5.41) is 0. The average molecular weight is 282 g/mol. The van der Waals surface area contributed by atoms with Crippen LogP contribution in [0.1, 0.15) is 88.0 Å². The smallest absolute Gasteiger partial charge is 0.00441 e. The molecule has 0 unspecified atom stereocenters. The fourth-order valence-corrected chi connectivity index (χ4v) is 5.81. The van der Waals surface area contributed by atoms with Crippen LogP contribution >= 0.6 is 0 Å². The molecule has 1 aromatic rings. The second-order valence-electron chi connectivity index (χ2n) is 8.43. The maximum atomic E-state index is 2.58. The molecule has 0 heterocycles. The predicted octanol–water partition coefficient (Wildman–Crippen LogP) is 5.69. The fraction of sp³-hybridized carbons (Fsp3) is 0.714. The van der Waals surface area contributed by atoms with Crippen molar-refractivity contribution in [1.82, 2.24) is 0 Å². The first-order chi connectivity index (χ1) is 10.1. The van der Waals surface area contributed by atoms with Crippen molar-refractivity contribution >= 4 is 0 Å². The summed E-state index contributed by atoms with van der Waals surface area (Å²) < 4.78 is 0. The third-order valence-corrected chi connectivity index (χ3v) is 7.55. The van der Waals surface area contributed by atoms with Crippen LogP contribution in [0.4, 0.5) is 0 Å². The van der Waals surface area contributed by atoms with Gasteiger partial charge in [-0.1, -0.05) is 45.7 Å². The summed E-state index contributed by atoms with van der Waals surface area (Å²) in [5.74, 6) is 0.954. The summed E-state index contributed by atoms with van der Waals surface area (Å²) in [7, 11) is 0. The topological polar surface area (TPSA) is 0 Å². The lowest BCUT2D eigenvalue weighted by Crippen LogP contribution is -2.39. The van der Waals surface area contributed by atoms with Crippen molar-refractivity contribution in [3.05, 3.63) is 34.4 Å². The summed E-state index contributed by atoms with van der Waals surface area (Å²) in [5.41, 5.74) is 7.94. The van der Waals surface area contributed by atoms with Gasteiger partial charge in [0.15, 0.2) is 0 Å². The first kappa shape index (κ1) is 13.9. The van der Waals surface area contributed by atoms with Gasteiger partial charge in [-0.15, -0.1) is 0 Å². The molecule has 1 fully saturated rings. The summed E-state index contributed by atoms with van der Waals surface area (Å²) in [6.45, 7) is 7.43. The van der Waals surface area contributed by atoms with E-state index in [1.54, 1.807) is 22.3 Å². The lowest BCUT2D eigenvalue weighted by molar-refractivity contribution is 0.177. The Morgan fingerprint density at radius 1 is 0.952 bits per heavy atom. The lowest BCUT2D eigenvalue weighted by Gasteiger charge is -2.47. The maximum absolute atomic E-state index is 2.58. The Morgan fingerprint density at radius 2 is 1.71 bits per heavy atom. The van der Waals surface area contributed by atoms with E-state index >= 15 is 0 Å². The molecule has 3 aliphatic rings. The van der Waals surface area contributed by atoms with Gasteiger partial charge in [0.1, 0.15) is 0 Å². The monoisotopic (exact) mass is 282 g/mol. The molecule has 3 aliphatic carbocycles. The summed E-state index contributed by atoms with van der Waals surface area (Å²) in [4.78, 5) is 0. The largest absolute Gasteiger partial charge is 0.0645 e. The van der Waals surface area contributed by atoms with Crippen LogP contribution in [0.2, 0.25) is 0 Å². The molecule has 0 heteroatoms. The van der Waals surface area contributed by atoms with Crippen molar-refractivity contribution in [1.29, 1.82) is 0 Å². The van der Waals surface area contributed by atoms with Gasteiger partial charge in [0.05, 0.1) is 0 Å². The Hall–Kier alpha value is -0.780. The number of hydrogen-bond donors (Lipinski definition) is 0. The third kappa shape index (κ3) is 1.80. The van der Waals surface area contributed by atoms with Crippen LogP contribution in [0.25, 0.3) is 0 Å². The minimum Gasteiger partial charge on any atom is -0.0645 e. The Morgan fingerprint density at radius 3 is 2.52 bits per heavy atom. The molecule has 0 nitrogen and oxygen atoms in total. The molecule has 0 aromatic heterocycles. The maximum Gasteiger partial charge on any atom is -0.00441 e. The van der Waals surface area contributed by atoms with Crippen molar-refractivity contribution in [2.45, 2.75) is 89.4 Å². The van der Waals surface area contributed by atoms with Gasteiger partial charge in [0, 0.05) is 0 Å². The minimum atomic E-state index is 0.453. The van der Waals surface area contributed by atoms with E-state index in [1.165, 1.54) is 57.8 Å². The zero-order valence-electron chi connectivity index (χ0n) is 14.1. The molecule has 0 spiro atoms. The second kappa shape index (κ2) is 4.61. The summed E-state index contributed by atoms with van der Waals surface area (Å²) in [6.07, 6.45) is 12.6. The van der Waals surface area contributed by atoms with Gasteiger partial charge in [0.25, 0.3) is 0 Å². The van der Waals surface area contributed by atoms with Crippen LogP contribution < -0.4 is 0 Å². The Kier molecular flexibility index (Phi) is 3.04. The van der Waals surface area contributed by atoms with E-state index in [0.717, 1.165) is 5.92 Å². The van der Waals surface area contributed by atoms with Gasteiger partial charge in [-0.05, 0) is 83.9 Å². The average Bonchev–Trinajstić information content (AvgIpc) is 2.85. The third-order valence-electron chi connectivity index (χ3n) is 7.55. The van der Waals surface area contributed by atoms with Crippen molar-refractivity contribution < 1.29 is 0 Å². The molecule has 3 atom stereocenters. The quantitative estimate of drug-likeness (QED) is 0.620.